The molecule has 1 atom stereocenters. The molecule has 0 spiro atoms. The van der Waals surface area contributed by atoms with Gasteiger partial charge in [0.1, 0.15) is 0 Å². The number of carbonyl (C=O) groups excluding carboxylic acids is 1. The topological polar surface area (TPSA) is 65.2 Å². The summed E-state index contributed by atoms with van der Waals surface area (Å²) in [5, 5.41) is 8.01. The van der Waals surface area contributed by atoms with Crippen LogP contribution in [0, 0.1) is 0 Å². The average Bonchev–Trinajstić information content (AvgIpc) is 3.12. The van der Waals surface area contributed by atoms with Crippen molar-refractivity contribution >= 4 is 5.97 Å². The molecule has 0 saturated carbocycles. The molecular weight excluding hydrogens is 328 g/mol. The third-order valence-electron chi connectivity index (χ3n) is 4.08. The summed E-state index contributed by atoms with van der Waals surface area (Å²) in [7, 11) is 0. The number of benzene rings is 2. The van der Waals surface area contributed by atoms with Crippen molar-refractivity contribution in [2.45, 2.75) is 39.2 Å². The van der Waals surface area contributed by atoms with Gasteiger partial charge in [0.2, 0.25) is 5.89 Å². The zero-order chi connectivity index (χ0) is 18.7. The largest absolute Gasteiger partial charge is 0.449 e. The standard InChI is InChI=1S/C21H22N2O3/c1-14(18-22-23-19(26-18)15-8-6-5-7-9-15)25-20(24)16-10-12-17(13-11-16)21(2,3)4/h5-14H,1-4H3/t14-/m0/s1. The van der Waals surface area contributed by atoms with Crippen molar-refractivity contribution < 1.29 is 13.9 Å². The van der Waals surface area contributed by atoms with E-state index in [9.17, 15) is 4.79 Å². The van der Waals surface area contributed by atoms with E-state index in [4.69, 9.17) is 9.15 Å². The van der Waals surface area contributed by atoms with Crippen LogP contribution in [0.25, 0.3) is 11.5 Å². The second-order valence-corrected chi connectivity index (χ2v) is 7.19. The minimum Gasteiger partial charge on any atom is -0.449 e. The van der Waals surface area contributed by atoms with Crippen LogP contribution in [0.2, 0.25) is 0 Å². The van der Waals surface area contributed by atoms with Gasteiger partial charge < -0.3 is 9.15 Å². The highest BCUT2D eigenvalue weighted by Crippen LogP contribution is 2.25. The molecule has 0 amide bonds. The SMILES string of the molecule is C[C@H](OC(=O)c1ccc(C(C)(C)C)cc1)c1nnc(-c2ccccc2)o1. The van der Waals surface area contributed by atoms with Crippen molar-refractivity contribution in [2.24, 2.45) is 0 Å². The van der Waals surface area contributed by atoms with Gasteiger partial charge in [0, 0.05) is 5.56 Å². The molecule has 0 unspecified atom stereocenters. The molecule has 0 aliphatic carbocycles. The Bertz CT molecular complexity index is 878. The maximum absolute atomic E-state index is 12.4. The molecular formula is C21H22N2O3. The Morgan fingerprint density at radius 2 is 1.65 bits per heavy atom. The maximum atomic E-state index is 12.4. The molecule has 26 heavy (non-hydrogen) atoms. The van der Waals surface area contributed by atoms with Crippen LogP contribution in [0.15, 0.2) is 59.0 Å². The zero-order valence-electron chi connectivity index (χ0n) is 15.4. The van der Waals surface area contributed by atoms with Crippen molar-refractivity contribution in [3.63, 3.8) is 0 Å². The van der Waals surface area contributed by atoms with Gasteiger partial charge in [0.05, 0.1) is 5.56 Å². The van der Waals surface area contributed by atoms with Crippen LogP contribution >= 0.6 is 0 Å². The molecule has 0 N–H and O–H groups in total. The molecule has 2 aromatic carbocycles. The molecule has 0 radical (unpaired) electrons. The highest BCUT2D eigenvalue weighted by atomic mass is 16.6. The lowest BCUT2D eigenvalue weighted by molar-refractivity contribution is 0.0280. The highest BCUT2D eigenvalue weighted by molar-refractivity contribution is 5.89. The molecule has 134 valence electrons. The number of hydrogen-bond donors (Lipinski definition) is 0. The van der Waals surface area contributed by atoms with E-state index in [2.05, 4.69) is 31.0 Å². The van der Waals surface area contributed by atoms with Crippen LogP contribution in [-0.2, 0) is 10.2 Å². The molecule has 1 aromatic heterocycles. The van der Waals surface area contributed by atoms with Gasteiger partial charge in [0.25, 0.3) is 5.89 Å². The van der Waals surface area contributed by atoms with Gasteiger partial charge in [-0.1, -0.05) is 51.1 Å². The van der Waals surface area contributed by atoms with Crippen molar-refractivity contribution in [1.82, 2.24) is 10.2 Å². The summed E-state index contributed by atoms with van der Waals surface area (Å²) >= 11 is 0. The molecule has 1 heterocycles. The third-order valence-corrected chi connectivity index (χ3v) is 4.08. The number of esters is 1. The molecule has 5 heteroatoms. The quantitative estimate of drug-likeness (QED) is 0.623. The van der Waals surface area contributed by atoms with E-state index in [0.717, 1.165) is 11.1 Å². The van der Waals surface area contributed by atoms with Crippen LogP contribution in [0.3, 0.4) is 0 Å². The van der Waals surface area contributed by atoms with E-state index in [-0.39, 0.29) is 11.3 Å². The number of rotatable bonds is 4. The van der Waals surface area contributed by atoms with Gasteiger partial charge in [-0.2, -0.15) is 0 Å². The Morgan fingerprint density at radius 1 is 1.00 bits per heavy atom. The first-order valence-electron chi connectivity index (χ1n) is 8.55. The van der Waals surface area contributed by atoms with E-state index >= 15 is 0 Å². The van der Waals surface area contributed by atoms with E-state index < -0.39 is 12.1 Å². The van der Waals surface area contributed by atoms with Crippen molar-refractivity contribution in [2.75, 3.05) is 0 Å². The predicted molar refractivity (Wildman–Crippen MR) is 98.7 cm³/mol. The summed E-state index contributed by atoms with van der Waals surface area (Å²) in [5.41, 5.74) is 2.51. The van der Waals surface area contributed by atoms with Gasteiger partial charge in [-0.3, -0.25) is 0 Å². The summed E-state index contributed by atoms with van der Waals surface area (Å²) in [5.74, 6) is 0.249. The van der Waals surface area contributed by atoms with Crippen LogP contribution in [-0.4, -0.2) is 16.2 Å². The van der Waals surface area contributed by atoms with Gasteiger partial charge in [-0.25, -0.2) is 4.79 Å². The summed E-state index contributed by atoms with van der Waals surface area (Å²) in [6.07, 6.45) is -0.630. The molecule has 0 saturated heterocycles. The maximum Gasteiger partial charge on any atom is 0.338 e. The fourth-order valence-corrected chi connectivity index (χ4v) is 2.48. The Balaban J connectivity index is 1.69. The van der Waals surface area contributed by atoms with Gasteiger partial charge >= 0.3 is 5.97 Å². The minimum absolute atomic E-state index is 0.0350. The Morgan fingerprint density at radius 3 is 2.27 bits per heavy atom. The molecule has 0 fully saturated rings. The van der Waals surface area contributed by atoms with Crippen molar-refractivity contribution in [3.8, 4) is 11.5 Å². The van der Waals surface area contributed by atoms with E-state index in [1.807, 2.05) is 42.5 Å². The van der Waals surface area contributed by atoms with E-state index in [0.29, 0.717) is 11.5 Å². The normalized spacial score (nSPS) is 12.6. The van der Waals surface area contributed by atoms with Gasteiger partial charge in [0.15, 0.2) is 6.10 Å². The first kappa shape index (κ1) is 17.9. The monoisotopic (exact) mass is 350 g/mol. The van der Waals surface area contributed by atoms with Crippen LogP contribution < -0.4 is 0 Å². The summed E-state index contributed by atoms with van der Waals surface area (Å²) in [4.78, 5) is 12.4. The van der Waals surface area contributed by atoms with Gasteiger partial charge in [-0.05, 0) is 42.2 Å². The molecule has 0 aliphatic heterocycles. The highest BCUT2D eigenvalue weighted by Gasteiger charge is 2.20. The number of nitrogens with zero attached hydrogens (tertiary/aromatic N) is 2. The predicted octanol–water partition coefficient (Wildman–Crippen LogP) is 4.95. The fourth-order valence-electron chi connectivity index (χ4n) is 2.48. The van der Waals surface area contributed by atoms with Crippen LogP contribution in [0.4, 0.5) is 0 Å². The van der Waals surface area contributed by atoms with Crippen molar-refractivity contribution in [1.29, 1.82) is 0 Å². The van der Waals surface area contributed by atoms with Crippen LogP contribution in [0.1, 0.15) is 55.6 Å². The summed E-state index contributed by atoms with van der Waals surface area (Å²) in [6.45, 7) is 8.09. The summed E-state index contributed by atoms with van der Waals surface area (Å²) < 4.78 is 11.1. The Labute approximate surface area is 153 Å². The Kier molecular flexibility index (Phi) is 4.89. The lowest BCUT2D eigenvalue weighted by atomic mass is 9.87. The zero-order valence-corrected chi connectivity index (χ0v) is 15.4. The lowest BCUT2D eigenvalue weighted by Crippen LogP contribution is -2.13. The molecule has 0 bridgehead atoms. The fraction of sp³-hybridized carbons (Fsp3) is 0.286. The van der Waals surface area contributed by atoms with Gasteiger partial charge in [-0.15, -0.1) is 10.2 Å². The minimum atomic E-state index is -0.630. The second kappa shape index (κ2) is 7.12. The average molecular weight is 350 g/mol. The van der Waals surface area contributed by atoms with Crippen LogP contribution in [0.5, 0.6) is 0 Å². The first-order chi connectivity index (χ1) is 12.3. The van der Waals surface area contributed by atoms with Crippen molar-refractivity contribution in [3.05, 3.63) is 71.6 Å². The smallest absolute Gasteiger partial charge is 0.338 e. The molecule has 5 nitrogen and oxygen atoms in total. The Hall–Kier alpha value is -2.95. The number of aromatic nitrogens is 2. The number of ether oxygens (including phenoxy) is 1. The molecule has 0 aliphatic rings. The number of carbonyl (C=O) groups is 1. The number of hydrogen-bond acceptors (Lipinski definition) is 5. The third kappa shape index (κ3) is 3.99. The lowest BCUT2D eigenvalue weighted by Gasteiger charge is -2.19. The van der Waals surface area contributed by atoms with E-state index in [1.165, 1.54) is 0 Å². The van der Waals surface area contributed by atoms with E-state index in [1.54, 1.807) is 19.1 Å². The molecule has 3 aromatic rings. The molecule has 3 rings (SSSR count). The second-order valence-electron chi connectivity index (χ2n) is 7.19. The first-order valence-corrected chi connectivity index (χ1v) is 8.55. The summed E-state index contributed by atoms with van der Waals surface area (Å²) in [6, 6.07) is 16.9.